The molecule has 0 spiro atoms. The first-order chi connectivity index (χ1) is 11.5. The van der Waals surface area contributed by atoms with Gasteiger partial charge in [0.2, 0.25) is 0 Å². The number of anilines is 1. The zero-order valence-electron chi connectivity index (χ0n) is 14.2. The van der Waals surface area contributed by atoms with Crippen LogP contribution < -0.4 is 5.32 Å². The SMILES string of the molecule is Cc1sc(NC(=O)c2ccc(F)cc2)c(CN2CCCCC2)c1C. The summed E-state index contributed by atoms with van der Waals surface area (Å²) in [6, 6.07) is 5.66. The van der Waals surface area contributed by atoms with Crippen molar-refractivity contribution < 1.29 is 9.18 Å². The molecule has 128 valence electrons. The van der Waals surface area contributed by atoms with Crippen LogP contribution in [0.5, 0.6) is 0 Å². The van der Waals surface area contributed by atoms with Gasteiger partial charge < -0.3 is 5.32 Å². The molecule has 1 aliphatic heterocycles. The monoisotopic (exact) mass is 346 g/mol. The minimum atomic E-state index is -0.333. The van der Waals surface area contributed by atoms with Gasteiger partial charge >= 0.3 is 0 Å². The van der Waals surface area contributed by atoms with Gasteiger partial charge in [-0.3, -0.25) is 9.69 Å². The number of halogens is 1. The van der Waals surface area contributed by atoms with Crippen molar-refractivity contribution in [2.75, 3.05) is 18.4 Å². The number of nitrogens with one attached hydrogen (secondary N) is 1. The fourth-order valence-corrected chi connectivity index (χ4v) is 4.15. The van der Waals surface area contributed by atoms with Gasteiger partial charge in [0, 0.05) is 22.5 Å². The lowest BCUT2D eigenvalue weighted by molar-refractivity contribution is 0.102. The van der Waals surface area contributed by atoms with E-state index < -0.39 is 0 Å². The zero-order chi connectivity index (χ0) is 17.1. The van der Waals surface area contributed by atoms with Crippen molar-refractivity contribution in [2.45, 2.75) is 39.7 Å². The fourth-order valence-electron chi connectivity index (χ4n) is 3.08. The van der Waals surface area contributed by atoms with Crippen molar-refractivity contribution in [3.63, 3.8) is 0 Å². The molecule has 1 saturated heterocycles. The van der Waals surface area contributed by atoms with E-state index in [9.17, 15) is 9.18 Å². The molecule has 24 heavy (non-hydrogen) atoms. The van der Waals surface area contributed by atoms with Crippen LogP contribution in [-0.2, 0) is 6.54 Å². The number of hydrogen-bond donors (Lipinski definition) is 1. The molecule has 0 atom stereocenters. The van der Waals surface area contributed by atoms with Crippen LogP contribution >= 0.6 is 11.3 Å². The molecule has 3 nitrogen and oxygen atoms in total. The van der Waals surface area contributed by atoms with Crippen LogP contribution in [0.4, 0.5) is 9.39 Å². The molecule has 0 aliphatic carbocycles. The number of carbonyl (C=O) groups is 1. The summed E-state index contributed by atoms with van der Waals surface area (Å²) in [5.41, 5.74) is 2.96. The summed E-state index contributed by atoms with van der Waals surface area (Å²) in [5.74, 6) is -0.517. The van der Waals surface area contributed by atoms with Crippen LogP contribution in [-0.4, -0.2) is 23.9 Å². The average Bonchev–Trinajstić information content (AvgIpc) is 2.84. The van der Waals surface area contributed by atoms with Crippen molar-refractivity contribution in [1.82, 2.24) is 4.90 Å². The highest BCUT2D eigenvalue weighted by atomic mass is 32.1. The van der Waals surface area contributed by atoms with Crippen molar-refractivity contribution in [3.05, 3.63) is 51.7 Å². The molecular formula is C19H23FN2OS. The Morgan fingerprint density at radius 3 is 2.50 bits per heavy atom. The number of benzene rings is 1. The molecule has 0 radical (unpaired) electrons. The third kappa shape index (κ3) is 3.84. The first kappa shape index (κ1) is 17.1. The van der Waals surface area contributed by atoms with Gasteiger partial charge in [-0.1, -0.05) is 6.42 Å². The zero-order valence-corrected chi connectivity index (χ0v) is 15.0. The summed E-state index contributed by atoms with van der Waals surface area (Å²) in [6.07, 6.45) is 3.81. The summed E-state index contributed by atoms with van der Waals surface area (Å²) < 4.78 is 13.0. The van der Waals surface area contributed by atoms with Crippen LogP contribution in [0.2, 0.25) is 0 Å². The van der Waals surface area contributed by atoms with Crippen molar-refractivity contribution >= 4 is 22.2 Å². The molecule has 1 amide bonds. The Labute approximate surface area is 146 Å². The van der Waals surface area contributed by atoms with E-state index in [1.807, 2.05) is 0 Å². The molecule has 1 aromatic carbocycles. The number of likely N-dealkylation sites (tertiary alicyclic amines) is 1. The van der Waals surface area contributed by atoms with E-state index in [1.54, 1.807) is 11.3 Å². The third-order valence-electron chi connectivity index (χ3n) is 4.67. The van der Waals surface area contributed by atoms with Crippen molar-refractivity contribution in [1.29, 1.82) is 0 Å². The van der Waals surface area contributed by atoms with Gasteiger partial charge in [-0.05, 0) is 69.6 Å². The number of amides is 1. The second-order valence-electron chi connectivity index (χ2n) is 6.39. The molecule has 0 unspecified atom stereocenters. The van der Waals surface area contributed by atoms with Gasteiger partial charge in [-0.25, -0.2) is 4.39 Å². The summed E-state index contributed by atoms with van der Waals surface area (Å²) >= 11 is 1.62. The second-order valence-corrected chi connectivity index (χ2v) is 7.61. The van der Waals surface area contributed by atoms with E-state index >= 15 is 0 Å². The van der Waals surface area contributed by atoms with E-state index in [2.05, 4.69) is 24.1 Å². The maximum Gasteiger partial charge on any atom is 0.256 e. The molecule has 1 aromatic heterocycles. The van der Waals surface area contributed by atoms with Gasteiger partial charge in [-0.15, -0.1) is 11.3 Å². The smallest absolute Gasteiger partial charge is 0.256 e. The van der Waals surface area contributed by atoms with Crippen LogP contribution in [0.1, 0.15) is 45.6 Å². The van der Waals surface area contributed by atoms with Gasteiger partial charge in [0.1, 0.15) is 10.8 Å². The molecule has 3 rings (SSSR count). The predicted molar refractivity (Wildman–Crippen MR) is 97.3 cm³/mol. The molecule has 0 saturated carbocycles. The molecule has 2 aromatic rings. The van der Waals surface area contributed by atoms with E-state index in [-0.39, 0.29) is 11.7 Å². The van der Waals surface area contributed by atoms with Crippen LogP contribution in [0.25, 0.3) is 0 Å². The lowest BCUT2D eigenvalue weighted by atomic mass is 10.1. The summed E-state index contributed by atoms with van der Waals surface area (Å²) in [6.45, 7) is 7.35. The fraction of sp³-hybridized carbons (Fsp3) is 0.421. The molecule has 1 N–H and O–H groups in total. The molecule has 1 fully saturated rings. The third-order valence-corrected chi connectivity index (χ3v) is 5.84. The highest BCUT2D eigenvalue weighted by molar-refractivity contribution is 7.16. The number of piperidine rings is 1. The number of thiophene rings is 1. The maximum atomic E-state index is 13.0. The van der Waals surface area contributed by atoms with Crippen LogP contribution in [0, 0.1) is 19.7 Å². The van der Waals surface area contributed by atoms with Gasteiger partial charge in [0.05, 0.1) is 0 Å². The Balaban J connectivity index is 1.78. The molecule has 1 aliphatic rings. The van der Waals surface area contributed by atoms with E-state index in [0.717, 1.165) is 24.6 Å². The highest BCUT2D eigenvalue weighted by Gasteiger charge is 2.19. The Morgan fingerprint density at radius 1 is 1.17 bits per heavy atom. The molecular weight excluding hydrogens is 323 g/mol. The number of rotatable bonds is 4. The lowest BCUT2D eigenvalue weighted by Crippen LogP contribution is -2.29. The molecule has 2 heterocycles. The van der Waals surface area contributed by atoms with Crippen LogP contribution in [0.15, 0.2) is 24.3 Å². The Morgan fingerprint density at radius 2 is 1.83 bits per heavy atom. The molecule has 5 heteroatoms. The number of carbonyl (C=O) groups excluding carboxylic acids is 1. The Hall–Kier alpha value is -1.72. The highest BCUT2D eigenvalue weighted by Crippen LogP contribution is 2.34. The predicted octanol–water partition coefficient (Wildman–Crippen LogP) is 4.74. The van der Waals surface area contributed by atoms with E-state index in [1.165, 1.54) is 59.5 Å². The second kappa shape index (κ2) is 7.45. The van der Waals surface area contributed by atoms with Crippen molar-refractivity contribution in [2.24, 2.45) is 0 Å². The first-order valence-electron chi connectivity index (χ1n) is 8.42. The maximum absolute atomic E-state index is 13.0. The Kier molecular flexibility index (Phi) is 5.31. The first-order valence-corrected chi connectivity index (χ1v) is 9.24. The van der Waals surface area contributed by atoms with Gasteiger partial charge in [0.25, 0.3) is 5.91 Å². The summed E-state index contributed by atoms with van der Waals surface area (Å²) in [7, 11) is 0. The lowest BCUT2D eigenvalue weighted by Gasteiger charge is -2.27. The average molecular weight is 346 g/mol. The van der Waals surface area contributed by atoms with Crippen LogP contribution in [0.3, 0.4) is 0 Å². The summed E-state index contributed by atoms with van der Waals surface area (Å²) in [5, 5.41) is 3.95. The molecule has 0 bridgehead atoms. The minimum Gasteiger partial charge on any atom is -0.313 e. The van der Waals surface area contributed by atoms with E-state index in [0.29, 0.717) is 5.56 Å². The summed E-state index contributed by atoms with van der Waals surface area (Å²) in [4.78, 5) is 16.1. The van der Waals surface area contributed by atoms with Crippen molar-refractivity contribution in [3.8, 4) is 0 Å². The Bertz CT molecular complexity index is 718. The largest absolute Gasteiger partial charge is 0.313 e. The van der Waals surface area contributed by atoms with Gasteiger partial charge in [0.15, 0.2) is 0 Å². The normalized spacial score (nSPS) is 15.5. The standard InChI is InChI=1S/C19H23FN2OS/c1-13-14(2)24-19(17(13)12-22-10-4-3-5-11-22)21-18(23)15-6-8-16(20)9-7-15/h6-9H,3-5,10-12H2,1-2H3,(H,21,23). The number of aryl methyl sites for hydroxylation is 1. The van der Waals surface area contributed by atoms with Gasteiger partial charge in [-0.2, -0.15) is 0 Å². The minimum absolute atomic E-state index is 0.184. The number of nitrogens with zero attached hydrogens (tertiary/aromatic N) is 1. The quantitative estimate of drug-likeness (QED) is 0.867. The number of hydrogen-bond acceptors (Lipinski definition) is 3. The van der Waals surface area contributed by atoms with E-state index in [4.69, 9.17) is 0 Å². The topological polar surface area (TPSA) is 32.3 Å².